The fourth-order valence-corrected chi connectivity index (χ4v) is 4.82. The maximum atomic E-state index is 12.6. The maximum Gasteiger partial charge on any atom is 0.236 e. The molecule has 0 fully saturated rings. The van der Waals surface area contributed by atoms with Crippen LogP contribution in [0.15, 0.2) is 41.6 Å². The zero-order chi connectivity index (χ0) is 16.6. The summed E-state index contributed by atoms with van der Waals surface area (Å²) in [4.78, 5) is 4.84. The Morgan fingerprint density at radius 2 is 2.12 bits per heavy atom. The van der Waals surface area contributed by atoms with Crippen molar-refractivity contribution in [2.45, 2.75) is 32.2 Å². The molecule has 2 aromatic rings. The summed E-state index contributed by atoms with van der Waals surface area (Å²) < 4.78 is 30.2. The first-order chi connectivity index (χ1) is 11.6. The molecule has 0 amide bonds. The molecule has 0 bridgehead atoms. The number of hydrogen-bond acceptors (Lipinski definition) is 3. The van der Waals surface area contributed by atoms with E-state index in [4.69, 9.17) is 0 Å². The summed E-state index contributed by atoms with van der Waals surface area (Å²) in [6.07, 6.45) is 8.78. The quantitative estimate of drug-likeness (QED) is 0.927. The third-order valence-electron chi connectivity index (χ3n) is 4.97. The van der Waals surface area contributed by atoms with Gasteiger partial charge in [-0.25, -0.2) is 18.1 Å². The summed E-state index contributed by atoms with van der Waals surface area (Å²) in [7, 11) is -3.41. The predicted molar refractivity (Wildman–Crippen MR) is 93.7 cm³/mol. The van der Waals surface area contributed by atoms with Crippen LogP contribution in [0.4, 0.5) is 0 Å². The van der Waals surface area contributed by atoms with Gasteiger partial charge < -0.3 is 4.57 Å². The molecule has 1 aromatic carbocycles. The number of allylic oxidation sites excluding steroid dienone is 1. The summed E-state index contributed by atoms with van der Waals surface area (Å²) in [5, 5.41) is 0. The van der Waals surface area contributed by atoms with Gasteiger partial charge in [0.25, 0.3) is 0 Å². The van der Waals surface area contributed by atoms with E-state index in [0.717, 1.165) is 37.2 Å². The SMILES string of the molecule is O=S(=O)(NCC1CCn2ccnc2C1)C1=Cc2ccccc2CC1. The molecule has 1 unspecified atom stereocenters. The number of nitrogens with one attached hydrogen (secondary N) is 1. The Labute approximate surface area is 142 Å². The molecule has 6 heteroatoms. The molecule has 1 N–H and O–H groups in total. The zero-order valence-electron chi connectivity index (χ0n) is 13.5. The lowest BCUT2D eigenvalue weighted by molar-refractivity contribution is 0.380. The van der Waals surface area contributed by atoms with Crippen LogP contribution in [0.2, 0.25) is 0 Å². The Morgan fingerprint density at radius 3 is 3.04 bits per heavy atom. The number of rotatable bonds is 4. The normalized spacial score (nSPS) is 20.2. The summed E-state index contributed by atoms with van der Waals surface area (Å²) in [5.74, 6) is 1.36. The van der Waals surface area contributed by atoms with Crippen LogP contribution in [0.1, 0.15) is 29.8 Å². The van der Waals surface area contributed by atoms with Crippen LogP contribution < -0.4 is 4.72 Å². The van der Waals surface area contributed by atoms with Gasteiger partial charge in [-0.15, -0.1) is 0 Å². The molecule has 126 valence electrons. The second-order valence-corrected chi connectivity index (χ2v) is 8.38. The fraction of sp³-hybridized carbons (Fsp3) is 0.389. The van der Waals surface area contributed by atoms with Gasteiger partial charge in [0.1, 0.15) is 5.82 Å². The predicted octanol–water partition coefficient (Wildman–Crippen LogP) is 2.35. The van der Waals surface area contributed by atoms with Crippen molar-refractivity contribution in [3.8, 4) is 0 Å². The van der Waals surface area contributed by atoms with Gasteiger partial charge in [-0.3, -0.25) is 0 Å². The molecule has 1 aromatic heterocycles. The molecule has 1 aliphatic carbocycles. The Morgan fingerprint density at radius 1 is 1.25 bits per heavy atom. The van der Waals surface area contributed by atoms with Gasteiger partial charge in [-0.2, -0.15) is 0 Å². The van der Waals surface area contributed by atoms with E-state index in [1.54, 1.807) is 0 Å². The van der Waals surface area contributed by atoms with E-state index < -0.39 is 10.0 Å². The number of imidazole rings is 1. The van der Waals surface area contributed by atoms with Crippen molar-refractivity contribution in [3.63, 3.8) is 0 Å². The number of aromatic nitrogens is 2. The maximum absolute atomic E-state index is 12.6. The zero-order valence-corrected chi connectivity index (χ0v) is 14.3. The summed E-state index contributed by atoms with van der Waals surface area (Å²) in [6, 6.07) is 7.98. The third kappa shape index (κ3) is 3.03. The molecule has 0 saturated heterocycles. The molecule has 1 aliphatic heterocycles. The van der Waals surface area contributed by atoms with Crippen molar-refractivity contribution >= 4 is 16.1 Å². The number of fused-ring (bicyclic) bond motifs is 2. The summed E-state index contributed by atoms with van der Waals surface area (Å²) in [5.41, 5.74) is 2.24. The van der Waals surface area contributed by atoms with Crippen LogP contribution in [0, 0.1) is 5.92 Å². The van der Waals surface area contributed by atoms with Gasteiger partial charge in [-0.1, -0.05) is 24.3 Å². The molecule has 1 atom stereocenters. The average molecular weight is 343 g/mol. The number of aryl methyl sites for hydroxylation is 2. The molecule has 24 heavy (non-hydrogen) atoms. The molecule has 0 saturated carbocycles. The fourth-order valence-electron chi connectivity index (χ4n) is 3.53. The van der Waals surface area contributed by atoms with Gasteiger partial charge in [0, 0.05) is 31.9 Å². The van der Waals surface area contributed by atoms with Crippen molar-refractivity contribution in [1.29, 1.82) is 0 Å². The topological polar surface area (TPSA) is 64.0 Å². The van der Waals surface area contributed by atoms with Gasteiger partial charge in [0.15, 0.2) is 0 Å². The number of benzene rings is 1. The van der Waals surface area contributed by atoms with Crippen LogP contribution >= 0.6 is 0 Å². The minimum absolute atomic E-state index is 0.311. The lowest BCUT2D eigenvalue weighted by atomic mass is 9.98. The Kier molecular flexibility index (Phi) is 4.02. The third-order valence-corrected chi connectivity index (χ3v) is 6.53. The van der Waals surface area contributed by atoms with Crippen LogP contribution in [-0.4, -0.2) is 24.5 Å². The van der Waals surface area contributed by atoms with E-state index in [2.05, 4.69) is 20.3 Å². The van der Waals surface area contributed by atoms with Gasteiger partial charge >= 0.3 is 0 Å². The Hall–Kier alpha value is -1.92. The highest BCUT2D eigenvalue weighted by Gasteiger charge is 2.24. The highest BCUT2D eigenvalue weighted by molar-refractivity contribution is 7.93. The van der Waals surface area contributed by atoms with Gasteiger partial charge in [0.05, 0.1) is 4.91 Å². The molecule has 2 aliphatic rings. The molecular formula is C18H21N3O2S. The minimum atomic E-state index is -3.41. The van der Waals surface area contributed by atoms with Crippen LogP contribution in [0.25, 0.3) is 6.08 Å². The average Bonchev–Trinajstić information content (AvgIpc) is 3.07. The number of sulfonamides is 1. The summed E-state index contributed by atoms with van der Waals surface area (Å²) >= 11 is 0. The lowest BCUT2D eigenvalue weighted by Gasteiger charge is -2.24. The smallest absolute Gasteiger partial charge is 0.236 e. The highest BCUT2D eigenvalue weighted by atomic mass is 32.2. The number of hydrogen-bond donors (Lipinski definition) is 1. The molecule has 4 rings (SSSR count). The highest BCUT2D eigenvalue weighted by Crippen LogP contribution is 2.27. The van der Waals surface area contributed by atoms with Crippen LogP contribution in [0.3, 0.4) is 0 Å². The van der Waals surface area contributed by atoms with E-state index in [9.17, 15) is 8.42 Å². The Bertz CT molecular complexity index is 883. The summed E-state index contributed by atoms with van der Waals surface area (Å²) in [6.45, 7) is 1.39. The van der Waals surface area contributed by atoms with Gasteiger partial charge in [-0.05, 0) is 42.4 Å². The van der Waals surface area contributed by atoms with E-state index in [1.165, 1.54) is 5.56 Å². The molecule has 0 spiro atoms. The van der Waals surface area contributed by atoms with E-state index >= 15 is 0 Å². The standard InChI is InChI=1S/C18H21N3O2S/c22-24(23,17-6-5-15-3-1-2-4-16(15)12-17)20-13-14-7-9-21-10-8-19-18(21)11-14/h1-4,8,10,12,14,20H,5-7,9,11,13H2. The monoisotopic (exact) mass is 343 g/mol. The van der Waals surface area contributed by atoms with E-state index in [1.807, 2.05) is 36.7 Å². The number of nitrogens with zero attached hydrogens (tertiary/aromatic N) is 2. The first kappa shape index (κ1) is 15.6. The molecule has 5 nitrogen and oxygen atoms in total. The van der Waals surface area contributed by atoms with Gasteiger partial charge in [0.2, 0.25) is 10.0 Å². The van der Waals surface area contributed by atoms with Crippen LogP contribution in [-0.2, 0) is 29.4 Å². The minimum Gasteiger partial charge on any atom is -0.335 e. The first-order valence-electron chi connectivity index (χ1n) is 8.40. The van der Waals surface area contributed by atoms with E-state index in [0.29, 0.717) is 23.8 Å². The molecule has 2 heterocycles. The molecule has 0 radical (unpaired) electrons. The van der Waals surface area contributed by atoms with Crippen LogP contribution in [0.5, 0.6) is 0 Å². The lowest BCUT2D eigenvalue weighted by Crippen LogP contribution is -2.34. The van der Waals surface area contributed by atoms with Crippen molar-refractivity contribution < 1.29 is 8.42 Å². The van der Waals surface area contributed by atoms with Crippen molar-refractivity contribution in [2.24, 2.45) is 5.92 Å². The molecular weight excluding hydrogens is 322 g/mol. The van der Waals surface area contributed by atoms with Crippen molar-refractivity contribution in [2.75, 3.05) is 6.54 Å². The second kappa shape index (κ2) is 6.18. The Balaban J connectivity index is 1.44. The second-order valence-electron chi connectivity index (χ2n) is 6.56. The van der Waals surface area contributed by atoms with E-state index in [-0.39, 0.29) is 0 Å². The largest absolute Gasteiger partial charge is 0.335 e. The van der Waals surface area contributed by atoms with Crippen molar-refractivity contribution in [1.82, 2.24) is 14.3 Å². The first-order valence-corrected chi connectivity index (χ1v) is 9.88. The van der Waals surface area contributed by atoms with Crippen molar-refractivity contribution in [3.05, 3.63) is 58.5 Å².